The van der Waals surface area contributed by atoms with E-state index in [0.29, 0.717) is 5.82 Å². The molecule has 0 aliphatic heterocycles. The van der Waals surface area contributed by atoms with Gasteiger partial charge in [-0.2, -0.15) is 0 Å². The third kappa shape index (κ3) is 2.96. The molecule has 0 aliphatic rings. The van der Waals surface area contributed by atoms with Gasteiger partial charge in [-0.1, -0.05) is 5.21 Å². The maximum atomic E-state index is 11.8. The van der Waals surface area contributed by atoms with Gasteiger partial charge in [0, 0.05) is 7.05 Å². The van der Waals surface area contributed by atoms with Gasteiger partial charge in [0.25, 0.3) is 0 Å². The Morgan fingerprint density at radius 1 is 1.45 bits per heavy atom. The largest absolute Gasteiger partial charge is 0.476 e. The highest BCUT2D eigenvalue weighted by atomic mass is 16.4. The number of carboxylic acids is 1. The molecule has 106 valence electrons. The minimum Gasteiger partial charge on any atom is -0.476 e. The van der Waals surface area contributed by atoms with E-state index in [9.17, 15) is 9.59 Å². The molecule has 0 saturated carbocycles. The zero-order valence-electron chi connectivity index (χ0n) is 10.9. The van der Waals surface area contributed by atoms with E-state index in [1.54, 1.807) is 18.5 Å². The molecular weight excluding hydrogens is 266 g/mol. The minimum absolute atomic E-state index is 0.123. The van der Waals surface area contributed by atoms with Gasteiger partial charge in [0.05, 0.1) is 12.2 Å². The zero-order valence-corrected chi connectivity index (χ0v) is 10.9. The first-order valence-corrected chi connectivity index (χ1v) is 5.74. The summed E-state index contributed by atoms with van der Waals surface area (Å²) in [6, 6.07) is -0.322. The number of carboxylic acid groups (broad SMARTS) is 1. The van der Waals surface area contributed by atoms with Crippen LogP contribution in [0, 0.1) is 0 Å². The van der Waals surface area contributed by atoms with E-state index < -0.39 is 5.97 Å². The number of hydrogen-bond acceptors (Lipinski definition) is 6. The monoisotopic (exact) mass is 279 g/mol. The van der Waals surface area contributed by atoms with Crippen LogP contribution in [0.25, 0.3) is 0 Å². The summed E-state index contributed by atoms with van der Waals surface area (Å²) in [5.74, 6) is -0.908. The Bertz CT molecular complexity index is 632. The van der Waals surface area contributed by atoms with E-state index in [1.165, 1.54) is 12.5 Å². The van der Waals surface area contributed by atoms with Crippen molar-refractivity contribution in [3.05, 3.63) is 24.0 Å². The van der Waals surface area contributed by atoms with Crippen molar-refractivity contribution in [2.24, 2.45) is 7.05 Å². The lowest BCUT2D eigenvalue weighted by Crippen LogP contribution is -2.31. The van der Waals surface area contributed by atoms with E-state index >= 15 is 0 Å². The number of aryl methyl sites for hydroxylation is 1. The van der Waals surface area contributed by atoms with Crippen LogP contribution in [0.3, 0.4) is 0 Å². The smallest absolute Gasteiger partial charge is 0.358 e. The Labute approximate surface area is 113 Å². The van der Waals surface area contributed by atoms with Crippen LogP contribution in [0.15, 0.2) is 12.5 Å². The van der Waals surface area contributed by atoms with Crippen LogP contribution in [0.5, 0.6) is 0 Å². The minimum atomic E-state index is -1.19. The third-order valence-electron chi connectivity index (χ3n) is 2.57. The summed E-state index contributed by atoms with van der Waals surface area (Å²) < 4.78 is 2.85. The molecule has 0 saturated heterocycles. The topological polar surface area (TPSA) is 128 Å². The molecule has 0 fully saturated rings. The number of carbonyl (C=O) groups excluding carboxylic acids is 1. The number of hydrogen-bond donors (Lipinski definition) is 2. The molecule has 2 aromatic heterocycles. The van der Waals surface area contributed by atoms with Crippen molar-refractivity contribution in [2.45, 2.75) is 19.5 Å². The van der Waals surface area contributed by atoms with Gasteiger partial charge in [0.2, 0.25) is 5.91 Å². The summed E-state index contributed by atoms with van der Waals surface area (Å²) in [7, 11) is 1.77. The normalized spacial score (nSPS) is 12.1. The molecule has 1 atom stereocenters. The molecule has 10 heteroatoms. The van der Waals surface area contributed by atoms with Crippen molar-refractivity contribution >= 4 is 11.9 Å². The van der Waals surface area contributed by atoms with E-state index in [2.05, 4.69) is 25.8 Å². The van der Waals surface area contributed by atoms with Crippen molar-refractivity contribution < 1.29 is 14.7 Å². The summed E-state index contributed by atoms with van der Waals surface area (Å²) in [5.41, 5.74) is -0.209. The van der Waals surface area contributed by atoms with E-state index in [4.69, 9.17) is 5.11 Å². The first-order chi connectivity index (χ1) is 9.47. The van der Waals surface area contributed by atoms with Crippen LogP contribution in [-0.4, -0.2) is 46.7 Å². The second-order valence-corrected chi connectivity index (χ2v) is 4.20. The van der Waals surface area contributed by atoms with Crippen molar-refractivity contribution in [3.63, 3.8) is 0 Å². The fraction of sp³-hybridized carbons (Fsp3) is 0.400. The molecule has 0 aromatic carbocycles. The fourth-order valence-electron chi connectivity index (χ4n) is 1.66. The molecule has 2 N–H and O–H groups in total. The molecule has 2 aromatic rings. The Hall–Kier alpha value is -2.78. The molecule has 1 amide bonds. The lowest BCUT2D eigenvalue weighted by Gasteiger charge is -2.12. The number of carbonyl (C=O) groups is 2. The quantitative estimate of drug-likeness (QED) is 0.717. The number of amides is 1. The summed E-state index contributed by atoms with van der Waals surface area (Å²) in [4.78, 5) is 22.4. The van der Waals surface area contributed by atoms with Crippen molar-refractivity contribution in [3.8, 4) is 0 Å². The Balaban J connectivity index is 1.95. The molecule has 20 heavy (non-hydrogen) atoms. The second kappa shape index (κ2) is 5.47. The zero-order chi connectivity index (χ0) is 14.7. The predicted molar refractivity (Wildman–Crippen MR) is 64.5 cm³/mol. The number of nitrogens with zero attached hydrogens (tertiary/aromatic N) is 6. The summed E-state index contributed by atoms with van der Waals surface area (Å²) in [6.45, 7) is 1.65. The van der Waals surface area contributed by atoms with Gasteiger partial charge in [-0.25, -0.2) is 9.48 Å². The van der Waals surface area contributed by atoms with Crippen LogP contribution in [-0.2, 0) is 18.4 Å². The highest BCUT2D eigenvalue weighted by molar-refractivity contribution is 5.84. The molecule has 0 aliphatic carbocycles. The maximum absolute atomic E-state index is 11.8. The Morgan fingerprint density at radius 3 is 2.75 bits per heavy atom. The van der Waals surface area contributed by atoms with Gasteiger partial charge >= 0.3 is 5.97 Å². The van der Waals surface area contributed by atoms with Crippen LogP contribution >= 0.6 is 0 Å². The fourth-order valence-corrected chi connectivity index (χ4v) is 1.66. The van der Waals surface area contributed by atoms with Crippen molar-refractivity contribution in [2.75, 3.05) is 0 Å². The first-order valence-electron chi connectivity index (χ1n) is 5.74. The lowest BCUT2D eigenvalue weighted by molar-refractivity contribution is -0.122. The average molecular weight is 279 g/mol. The van der Waals surface area contributed by atoms with Crippen LogP contribution in [0.2, 0.25) is 0 Å². The van der Waals surface area contributed by atoms with Crippen LogP contribution in [0.4, 0.5) is 0 Å². The molecule has 0 bridgehead atoms. The van der Waals surface area contributed by atoms with Gasteiger partial charge in [-0.3, -0.25) is 4.79 Å². The molecule has 2 heterocycles. The molecule has 1 unspecified atom stereocenters. The third-order valence-corrected chi connectivity index (χ3v) is 2.57. The Morgan fingerprint density at radius 2 is 2.20 bits per heavy atom. The SMILES string of the molecule is CC(NC(=O)Cn1cc(C(=O)O)nn1)c1nncn1C. The van der Waals surface area contributed by atoms with E-state index in [0.717, 1.165) is 4.68 Å². The summed E-state index contributed by atoms with van der Waals surface area (Å²) in [6.07, 6.45) is 2.73. The van der Waals surface area contributed by atoms with Gasteiger partial charge in [-0.05, 0) is 6.92 Å². The van der Waals surface area contributed by atoms with E-state index in [-0.39, 0.29) is 24.2 Å². The molecule has 10 nitrogen and oxygen atoms in total. The molecule has 0 radical (unpaired) electrons. The van der Waals surface area contributed by atoms with Crippen molar-refractivity contribution in [1.29, 1.82) is 0 Å². The summed E-state index contributed by atoms with van der Waals surface area (Å²) >= 11 is 0. The molecule has 0 spiro atoms. The van der Waals surface area contributed by atoms with Gasteiger partial charge < -0.3 is 15.0 Å². The van der Waals surface area contributed by atoms with Gasteiger partial charge in [-0.15, -0.1) is 15.3 Å². The molecular formula is C10H13N7O3. The van der Waals surface area contributed by atoms with Gasteiger partial charge in [0.1, 0.15) is 12.9 Å². The number of rotatable bonds is 5. The highest BCUT2D eigenvalue weighted by Gasteiger charge is 2.15. The van der Waals surface area contributed by atoms with Crippen LogP contribution in [0.1, 0.15) is 29.3 Å². The standard InChI is InChI=1S/C10H13N7O3/c1-6(9-14-11-5-16(9)2)12-8(18)4-17-3-7(10(19)20)13-15-17/h3,5-6H,4H2,1-2H3,(H,12,18)(H,19,20). The van der Waals surface area contributed by atoms with Crippen molar-refractivity contribution in [1.82, 2.24) is 35.1 Å². The Kier molecular flexibility index (Phi) is 3.73. The second-order valence-electron chi connectivity index (χ2n) is 4.20. The average Bonchev–Trinajstić information content (AvgIpc) is 2.97. The van der Waals surface area contributed by atoms with Gasteiger partial charge in [0.15, 0.2) is 11.5 Å². The first kappa shape index (κ1) is 13.6. The number of aromatic carboxylic acids is 1. The van der Waals surface area contributed by atoms with E-state index in [1.807, 2.05) is 0 Å². The highest BCUT2D eigenvalue weighted by Crippen LogP contribution is 2.06. The summed E-state index contributed by atoms with van der Waals surface area (Å²) in [5, 5.41) is 26.0. The number of aromatic nitrogens is 6. The van der Waals surface area contributed by atoms with Crippen LogP contribution < -0.4 is 5.32 Å². The molecule has 2 rings (SSSR count). The predicted octanol–water partition coefficient (Wildman–Crippen LogP) is -1.02. The maximum Gasteiger partial charge on any atom is 0.358 e. The number of nitrogens with one attached hydrogen (secondary N) is 1. The lowest BCUT2D eigenvalue weighted by atomic mass is 10.3.